The Morgan fingerprint density at radius 2 is 1.77 bits per heavy atom. The molecule has 0 fully saturated rings. The average Bonchev–Trinajstić information content (AvgIpc) is 2.68. The number of esters is 1. The third kappa shape index (κ3) is 8.81. The lowest BCUT2D eigenvalue weighted by molar-refractivity contribution is -0.154. The molecule has 4 nitrogen and oxygen atoms in total. The van der Waals surface area contributed by atoms with Crippen LogP contribution >= 0.6 is 22.6 Å². The molecule has 0 bridgehead atoms. The van der Waals surface area contributed by atoms with Crippen LogP contribution in [0.15, 0.2) is 40.5 Å². The first-order valence-electron chi connectivity index (χ1n) is 10.8. The molecule has 0 aliphatic heterocycles. The van der Waals surface area contributed by atoms with Crippen LogP contribution < -0.4 is 0 Å². The summed E-state index contributed by atoms with van der Waals surface area (Å²) in [5.41, 5.74) is 0.455. The Hall–Kier alpha value is -0.703. The summed E-state index contributed by atoms with van der Waals surface area (Å²) < 4.78 is 19.6. The van der Waals surface area contributed by atoms with Crippen molar-refractivity contribution in [3.05, 3.63) is 46.1 Å². The van der Waals surface area contributed by atoms with E-state index in [-0.39, 0.29) is 11.0 Å². The molecule has 0 aliphatic rings. The molecule has 30 heavy (non-hydrogen) atoms. The molecule has 0 spiro atoms. The molecule has 6 heteroatoms. The lowest BCUT2D eigenvalue weighted by atomic mass is 9.80. The molecule has 0 aromatic heterocycles. The van der Waals surface area contributed by atoms with E-state index in [4.69, 9.17) is 13.9 Å². The summed E-state index contributed by atoms with van der Waals surface area (Å²) in [7, 11) is -1.79. The first-order valence-corrected chi connectivity index (χ1v) is 14.9. The van der Waals surface area contributed by atoms with Gasteiger partial charge in [-0.1, -0.05) is 79.8 Å². The molecule has 0 aliphatic carbocycles. The SMILES string of the molecule is CCOC(=O)[C@@](/C=C\I)(CCCO[Si](C)(C)C(C)(C)C)CCOCc1ccccc1. The molecule has 1 rings (SSSR count). The van der Waals surface area contributed by atoms with Crippen LogP contribution in [0.5, 0.6) is 0 Å². The van der Waals surface area contributed by atoms with E-state index in [1.54, 1.807) is 0 Å². The summed E-state index contributed by atoms with van der Waals surface area (Å²) in [5.74, 6) is -0.173. The van der Waals surface area contributed by atoms with E-state index >= 15 is 0 Å². The maximum atomic E-state index is 12.9. The predicted molar refractivity (Wildman–Crippen MR) is 135 cm³/mol. The lowest BCUT2D eigenvalue weighted by Gasteiger charge is -2.36. The van der Waals surface area contributed by atoms with Crippen LogP contribution in [0.25, 0.3) is 0 Å². The van der Waals surface area contributed by atoms with Gasteiger partial charge < -0.3 is 13.9 Å². The smallest absolute Gasteiger partial charge is 0.316 e. The van der Waals surface area contributed by atoms with Crippen LogP contribution in [0.3, 0.4) is 0 Å². The van der Waals surface area contributed by atoms with Crippen LogP contribution in [0.1, 0.15) is 52.5 Å². The van der Waals surface area contributed by atoms with E-state index in [1.165, 1.54) is 0 Å². The van der Waals surface area contributed by atoms with Gasteiger partial charge in [-0.05, 0) is 54.0 Å². The van der Waals surface area contributed by atoms with Crippen molar-refractivity contribution in [3.8, 4) is 0 Å². The van der Waals surface area contributed by atoms with E-state index in [2.05, 4.69) is 56.5 Å². The molecule has 0 saturated carbocycles. The van der Waals surface area contributed by atoms with Gasteiger partial charge in [-0.3, -0.25) is 4.79 Å². The Labute approximate surface area is 198 Å². The molecule has 0 unspecified atom stereocenters. The highest BCUT2D eigenvalue weighted by Gasteiger charge is 2.39. The lowest BCUT2D eigenvalue weighted by Crippen LogP contribution is -2.41. The Morgan fingerprint density at radius 1 is 1.10 bits per heavy atom. The van der Waals surface area contributed by atoms with Gasteiger partial charge in [0.15, 0.2) is 8.32 Å². The fourth-order valence-corrected chi connectivity index (χ4v) is 4.69. The summed E-state index contributed by atoms with van der Waals surface area (Å²) in [4.78, 5) is 12.9. The Balaban J connectivity index is 2.73. The fraction of sp³-hybridized carbons (Fsp3) is 0.625. The van der Waals surface area contributed by atoms with E-state index in [1.807, 2.05) is 47.4 Å². The molecule has 170 valence electrons. The third-order valence-electron chi connectivity index (χ3n) is 5.90. The standard InChI is InChI=1S/C24H39IO4Si/c1-7-28-22(26)24(15-17-25,14-11-18-29-30(5,6)23(2,3)4)16-19-27-20-21-12-9-8-10-13-21/h8-10,12-13,15,17H,7,11,14,16,18-20H2,1-6H3/b17-15-/t24-/m1/s1. The monoisotopic (exact) mass is 546 g/mol. The van der Waals surface area contributed by atoms with Gasteiger partial charge in [0.05, 0.1) is 18.6 Å². The zero-order chi connectivity index (χ0) is 22.7. The largest absolute Gasteiger partial charge is 0.465 e. The van der Waals surface area contributed by atoms with Crippen molar-refractivity contribution in [1.82, 2.24) is 0 Å². The number of halogens is 1. The summed E-state index contributed by atoms with van der Waals surface area (Å²) in [6.45, 7) is 15.2. The van der Waals surface area contributed by atoms with Crippen LogP contribution in [0, 0.1) is 5.41 Å². The Kier molecular flexibility index (Phi) is 11.8. The van der Waals surface area contributed by atoms with Crippen LogP contribution in [0.4, 0.5) is 0 Å². The topological polar surface area (TPSA) is 44.8 Å². The summed E-state index contributed by atoms with van der Waals surface area (Å²) >= 11 is 2.18. The quantitative estimate of drug-likeness (QED) is 0.117. The van der Waals surface area contributed by atoms with Gasteiger partial charge in [-0.2, -0.15) is 0 Å². The van der Waals surface area contributed by atoms with Gasteiger partial charge in [0, 0.05) is 13.2 Å². The maximum Gasteiger partial charge on any atom is 0.316 e. The molecular formula is C24H39IO4Si. The van der Waals surface area contributed by atoms with E-state index in [0.29, 0.717) is 39.3 Å². The summed E-state index contributed by atoms with van der Waals surface area (Å²) in [5, 5.41) is 0.179. The number of ether oxygens (including phenoxy) is 2. The second-order valence-electron chi connectivity index (χ2n) is 9.17. The molecule has 0 N–H and O–H groups in total. The van der Waals surface area contributed by atoms with E-state index in [9.17, 15) is 4.79 Å². The molecule has 0 heterocycles. The number of hydrogen-bond donors (Lipinski definition) is 0. The van der Waals surface area contributed by atoms with Crippen LogP contribution in [0.2, 0.25) is 18.1 Å². The van der Waals surface area contributed by atoms with Crippen molar-refractivity contribution >= 4 is 36.9 Å². The van der Waals surface area contributed by atoms with Crippen LogP contribution in [-0.2, 0) is 25.3 Å². The average molecular weight is 547 g/mol. The highest BCUT2D eigenvalue weighted by molar-refractivity contribution is 14.1. The van der Waals surface area contributed by atoms with Gasteiger partial charge in [-0.15, -0.1) is 0 Å². The fourth-order valence-electron chi connectivity index (χ4n) is 2.91. The Bertz CT molecular complexity index is 655. The minimum atomic E-state index is -1.79. The van der Waals surface area contributed by atoms with E-state index < -0.39 is 13.7 Å². The minimum Gasteiger partial charge on any atom is -0.465 e. The zero-order valence-electron chi connectivity index (χ0n) is 19.5. The third-order valence-corrected chi connectivity index (χ3v) is 10.8. The van der Waals surface area contributed by atoms with Gasteiger partial charge in [0.2, 0.25) is 0 Å². The maximum absolute atomic E-state index is 12.9. The number of carbonyl (C=O) groups excluding carboxylic acids is 1. The molecule has 1 aromatic rings. The molecular weight excluding hydrogens is 507 g/mol. The highest BCUT2D eigenvalue weighted by atomic mass is 127. The zero-order valence-corrected chi connectivity index (χ0v) is 22.7. The first-order chi connectivity index (χ1) is 14.1. The predicted octanol–water partition coefficient (Wildman–Crippen LogP) is 6.89. The summed E-state index contributed by atoms with van der Waals surface area (Å²) in [6, 6.07) is 10.1. The first kappa shape index (κ1) is 27.3. The van der Waals surface area contributed by atoms with Gasteiger partial charge >= 0.3 is 5.97 Å². The van der Waals surface area contributed by atoms with Crippen molar-refractivity contribution in [2.45, 2.75) is 71.7 Å². The second-order valence-corrected chi connectivity index (χ2v) is 14.7. The number of benzene rings is 1. The van der Waals surface area contributed by atoms with E-state index in [0.717, 1.165) is 12.0 Å². The van der Waals surface area contributed by atoms with Crippen molar-refractivity contribution < 1.29 is 18.7 Å². The second kappa shape index (κ2) is 13.0. The van der Waals surface area contributed by atoms with Gasteiger partial charge in [0.1, 0.15) is 0 Å². The van der Waals surface area contributed by atoms with Crippen molar-refractivity contribution in [2.75, 3.05) is 19.8 Å². The number of carbonyl (C=O) groups is 1. The molecule has 0 radical (unpaired) electrons. The molecule has 0 amide bonds. The normalized spacial score (nSPS) is 14.6. The highest BCUT2D eigenvalue weighted by Crippen LogP contribution is 2.37. The van der Waals surface area contributed by atoms with Crippen LogP contribution in [-0.4, -0.2) is 34.1 Å². The van der Waals surface area contributed by atoms with Crippen molar-refractivity contribution in [3.63, 3.8) is 0 Å². The van der Waals surface area contributed by atoms with Gasteiger partial charge in [-0.25, -0.2) is 0 Å². The Morgan fingerprint density at radius 3 is 2.33 bits per heavy atom. The van der Waals surface area contributed by atoms with Gasteiger partial charge in [0.25, 0.3) is 0 Å². The molecule has 1 atom stereocenters. The minimum absolute atomic E-state index is 0.173. The number of rotatable bonds is 13. The number of hydrogen-bond acceptors (Lipinski definition) is 4. The molecule has 1 aromatic carbocycles. The van der Waals surface area contributed by atoms with Crippen molar-refractivity contribution in [1.29, 1.82) is 0 Å². The summed E-state index contributed by atoms with van der Waals surface area (Å²) in [6.07, 6.45) is 4.07. The molecule has 0 saturated heterocycles. The van der Waals surface area contributed by atoms with Crippen molar-refractivity contribution in [2.24, 2.45) is 5.41 Å².